The van der Waals surface area contributed by atoms with Crippen molar-refractivity contribution in [2.45, 2.75) is 13.8 Å². The molecule has 0 atom stereocenters. The van der Waals surface area contributed by atoms with Gasteiger partial charge in [-0.1, -0.05) is 17.7 Å². The van der Waals surface area contributed by atoms with Gasteiger partial charge in [0.1, 0.15) is 0 Å². The van der Waals surface area contributed by atoms with E-state index in [0.717, 1.165) is 15.4 Å². The van der Waals surface area contributed by atoms with Gasteiger partial charge in [0.2, 0.25) is 5.91 Å². The van der Waals surface area contributed by atoms with Crippen LogP contribution in [0, 0.1) is 13.8 Å². The highest BCUT2D eigenvalue weighted by Crippen LogP contribution is 2.27. The highest BCUT2D eigenvalue weighted by Gasteiger charge is 2.15. The second kappa shape index (κ2) is 6.53. The SMILES string of the molecule is Cc1cc(C)c(NC(=O)CNS(=O)(=O)N(C)C)c(Cl)c1. The van der Waals surface area contributed by atoms with Gasteiger partial charge in [-0.2, -0.15) is 17.4 Å². The molecule has 1 rings (SSSR count). The maximum atomic E-state index is 11.8. The monoisotopic (exact) mass is 319 g/mol. The second-order valence-corrected chi connectivity index (χ2v) is 6.97. The van der Waals surface area contributed by atoms with Gasteiger partial charge in [-0.05, 0) is 31.0 Å². The van der Waals surface area contributed by atoms with E-state index >= 15 is 0 Å². The number of benzene rings is 1. The van der Waals surface area contributed by atoms with Crippen LogP contribution in [0.5, 0.6) is 0 Å². The maximum absolute atomic E-state index is 11.8. The molecule has 0 unspecified atom stereocenters. The zero-order valence-corrected chi connectivity index (χ0v) is 13.4. The van der Waals surface area contributed by atoms with Crippen molar-refractivity contribution in [3.05, 3.63) is 28.3 Å². The van der Waals surface area contributed by atoms with Crippen LogP contribution in [0.1, 0.15) is 11.1 Å². The van der Waals surface area contributed by atoms with Crippen molar-refractivity contribution < 1.29 is 13.2 Å². The fourth-order valence-electron chi connectivity index (χ4n) is 1.54. The van der Waals surface area contributed by atoms with Gasteiger partial charge >= 0.3 is 0 Å². The third-order valence-electron chi connectivity index (χ3n) is 2.59. The van der Waals surface area contributed by atoms with E-state index in [4.69, 9.17) is 11.6 Å². The number of nitrogens with one attached hydrogen (secondary N) is 2. The Bertz CT molecular complexity index is 591. The van der Waals surface area contributed by atoms with Gasteiger partial charge < -0.3 is 5.32 Å². The average Bonchev–Trinajstić information content (AvgIpc) is 2.31. The minimum Gasteiger partial charge on any atom is -0.323 e. The molecule has 20 heavy (non-hydrogen) atoms. The summed E-state index contributed by atoms with van der Waals surface area (Å²) in [5.74, 6) is -0.482. The number of halogens is 1. The quantitative estimate of drug-likeness (QED) is 0.858. The summed E-state index contributed by atoms with van der Waals surface area (Å²) < 4.78 is 26.1. The molecule has 0 aliphatic heterocycles. The van der Waals surface area contributed by atoms with E-state index in [1.165, 1.54) is 14.1 Å². The number of aryl methyl sites for hydroxylation is 2. The van der Waals surface area contributed by atoms with Gasteiger partial charge in [0.15, 0.2) is 0 Å². The Labute approximate surface area is 124 Å². The van der Waals surface area contributed by atoms with Crippen LogP contribution in [-0.2, 0) is 15.0 Å². The maximum Gasteiger partial charge on any atom is 0.279 e. The summed E-state index contributed by atoms with van der Waals surface area (Å²) in [7, 11) is -0.871. The van der Waals surface area contributed by atoms with E-state index in [-0.39, 0.29) is 6.54 Å². The predicted octanol–water partition coefficient (Wildman–Crippen LogP) is 1.29. The fourth-order valence-corrected chi connectivity index (χ4v) is 2.48. The van der Waals surface area contributed by atoms with Crippen molar-refractivity contribution in [3.63, 3.8) is 0 Å². The number of anilines is 1. The third-order valence-corrected chi connectivity index (χ3v) is 4.36. The lowest BCUT2D eigenvalue weighted by Crippen LogP contribution is -2.40. The Kier molecular flexibility index (Phi) is 5.52. The van der Waals surface area contributed by atoms with Gasteiger partial charge in [0.25, 0.3) is 10.2 Å². The summed E-state index contributed by atoms with van der Waals surface area (Å²) in [6.45, 7) is 3.36. The minimum atomic E-state index is -3.62. The molecule has 1 aromatic carbocycles. The molecule has 8 heteroatoms. The van der Waals surface area contributed by atoms with E-state index in [1.807, 2.05) is 19.9 Å². The number of rotatable bonds is 5. The first kappa shape index (κ1) is 16.9. The van der Waals surface area contributed by atoms with Crippen molar-refractivity contribution in [3.8, 4) is 0 Å². The molecule has 0 aliphatic carbocycles. The van der Waals surface area contributed by atoms with Crippen LogP contribution in [0.4, 0.5) is 5.69 Å². The van der Waals surface area contributed by atoms with Gasteiger partial charge in [-0.15, -0.1) is 0 Å². The number of carbonyl (C=O) groups is 1. The number of carbonyl (C=O) groups excluding carboxylic acids is 1. The van der Waals surface area contributed by atoms with Gasteiger partial charge in [-0.25, -0.2) is 0 Å². The van der Waals surface area contributed by atoms with Gasteiger partial charge in [-0.3, -0.25) is 4.79 Å². The summed E-state index contributed by atoms with van der Waals surface area (Å²) in [4.78, 5) is 11.8. The molecule has 1 aromatic rings. The highest BCUT2D eigenvalue weighted by molar-refractivity contribution is 7.87. The van der Waals surface area contributed by atoms with Crippen LogP contribution >= 0.6 is 11.6 Å². The standard InChI is InChI=1S/C12H18ClN3O3S/c1-8-5-9(2)12(10(13)6-8)15-11(17)7-14-20(18,19)16(3)4/h5-6,14H,7H2,1-4H3,(H,15,17). The number of nitrogens with zero attached hydrogens (tertiary/aromatic N) is 1. The Morgan fingerprint density at radius 3 is 2.40 bits per heavy atom. The summed E-state index contributed by atoms with van der Waals surface area (Å²) in [5.41, 5.74) is 2.30. The topological polar surface area (TPSA) is 78.5 Å². The van der Waals surface area contributed by atoms with Crippen molar-refractivity contribution in [1.82, 2.24) is 9.03 Å². The normalized spacial score (nSPS) is 11.7. The molecule has 0 bridgehead atoms. The molecule has 6 nitrogen and oxygen atoms in total. The van der Waals surface area contributed by atoms with E-state index in [1.54, 1.807) is 6.07 Å². The average molecular weight is 320 g/mol. The zero-order valence-electron chi connectivity index (χ0n) is 11.8. The molecule has 0 aromatic heterocycles. The summed E-state index contributed by atoms with van der Waals surface area (Å²) in [6.07, 6.45) is 0. The first-order valence-corrected chi connectivity index (χ1v) is 7.69. The van der Waals surface area contributed by atoms with Crippen LogP contribution < -0.4 is 10.0 Å². The molecule has 0 aliphatic rings. The Morgan fingerprint density at radius 2 is 1.90 bits per heavy atom. The van der Waals surface area contributed by atoms with Gasteiger partial charge in [0.05, 0.1) is 17.3 Å². The molecule has 1 amide bonds. The molecular formula is C12H18ClN3O3S. The van der Waals surface area contributed by atoms with E-state index in [2.05, 4.69) is 10.0 Å². The molecule has 112 valence electrons. The van der Waals surface area contributed by atoms with E-state index in [0.29, 0.717) is 10.7 Å². The lowest BCUT2D eigenvalue weighted by atomic mass is 10.1. The summed E-state index contributed by atoms with van der Waals surface area (Å²) in [5, 5.41) is 3.02. The molecule has 0 spiro atoms. The van der Waals surface area contributed by atoms with E-state index in [9.17, 15) is 13.2 Å². The largest absolute Gasteiger partial charge is 0.323 e. The fraction of sp³-hybridized carbons (Fsp3) is 0.417. The van der Waals surface area contributed by atoms with E-state index < -0.39 is 16.1 Å². The van der Waals surface area contributed by atoms with Crippen molar-refractivity contribution >= 4 is 33.4 Å². The second-order valence-electron chi connectivity index (χ2n) is 4.60. The Morgan fingerprint density at radius 1 is 1.30 bits per heavy atom. The van der Waals surface area contributed by atoms with Crippen molar-refractivity contribution in [2.24, 2.45) is 0 Å². The van der Waals surface area contributed by atoms with Crippen LogP contribution in [0.15, 0.2) is 12.1 Å². The number of hydrogen-bond donors (Lipinski definition) is 2. The van der Waals surface area contributed by atoms with Crippen LogP contribution in [-0.4, -0.2) is 39.3 Å². The van der Waals surface area contributed by atoms with Crippen LogP contribution in [0.3, 0.4) is 0 Å². The summed E-state index contributed by atoms with van der Waals surface area (Å²) >= 11 is 6.06. The number of hydrogen-bond acceptors (Lipinski definition) is 3. The lowest BCUT2D eigenvalue weighted by Gasteiger charge is -2.14. The third kappa shape index (κ3) is 4.45. The van der Waals surface area contributed by atoms with Crippen LogP contribution in [0.25, 0.3) is 0 Å². The molecule has 0 heterocycles. The zero-order chi connectivity index (χ0) is 15.5. The molecule has 0 saturated heterocycles. The van der Waals surface area contributed by atoms with Crippen molar-refractivity contribution in [1.29, 1.82) is 0 Å². The first-order chi connectivity index (χ1) is 9.13. The summed E-state index contributed by atoms with van der Waals surface area (Å²) in [6, 6.07) is 3.61. The molecule has 2 N–H and O–H groups in total. The number of amides is 1. The van der Waals surface area contributed by atoms with Gasteiger partial charge in [0, 0.05) is 14.1 Å². The molecule has 0 radical (unpaired) electrons. The lowest BCUT2D eigenvalue weighted by molar-refractivity contribution is -0.115. The van der Waals surface area contributed by atoms with Crippen LogP contribution in [0.2, 0.25) is 5.02 Å². The van der Waals surface area contributed by atoms with Crippen molar-refractivity contribution in [2.75, 3.05) is 26.0 Å². The Balaban J connectivity index is 2.74. The molecular weight excluding hydrogens is 302 g/mol. The molecule has 0 saturated carbocycles. The minimum absolute atomic E-state index is 0.357. The molecule has 0 fully saturated rings. The highest BCUT2D eigenvalue weighted by atomic mass is 35.5. The predicted molar refractivity (Wildman–Crippen MR) is 80.2 cm³/mol. The Hall–Kier alpha value is -1.15. The smallest absolute Gasteiger partial charge is 0.279 e. The first-order valence-electron chi connectivity index (χ1n) is 5.87.